The lowest BCUT2D eigenvalue weighted by molar-refractivity contribution is 0.201. The fourth-order valence-corrected chi connectivity index (χ4v) is 5.76. The van der Waals surface area contributed by atoms with Crippen molar-refractivity contribution in [2.24, 2.45) is 16.6 Å². The Hall–Kier alpha value is -4.24. The average Bonchev–Trinajstić information content (AvgIpc) is 3.45. The number of oxazole rings is 1. The number of ether oxygens (including phenoxy) is 1. The zero-order valence-electron chi connectivity index (χ0n) is 21.4. The van der Waals surface area contributed by atoms with Crippen molar-refractivity contribution in [2.45, 2.75) is 37.7 Å². The first-order valence-electron chi connectivity index (χ1n) is 12.0. The van der Waals surface area contributed by atoms with Crippen LogP contribution in [0.5, 0.6) is 5.88 Å². The molecule has 5 rings (SSSR count). The summed E-state index contributed by atoms with van der Waals surface area (Å²) in [5.74, 6) is 5.98. The number of nitrogens with two attached hydrogens (primary N) is 1. The molecular weight excluding hydrogens is 524 g/mol. The molecule has 1 aromatic carbocycles. The molecule has 12 heteroatoms. The Morgan fingerprint density at radius 1 is 1.23 bits per heavy atom. The quantitative estimate of drug-likeness (QED) is 0.302. The minimum atomic E-state index is -1.56. The zero-order valence-corrected chi connectivity index (χ0v) is 22.2. The van der Waals surface area contributed by atoms with E-state index in [4.69, 9.17) is 14.9 Å². The van der Waals surface area contributed by atoms with Gasteiger partial charge < -0.3 is 20.2 Å². The Morgan fingerprint density at radius 3 is 2.82 bits per heavy atom. The highest BCUT2D eigenvalue weighted by molar-refractivity contribution is 8.15. The van der Waals surface area contributed by atoms with E-state index >= 15 is 4.39 Å². The molecule has 200 valence electrons. The molecule has 0 saturated carbocycles. The van der Waals surface area contributed by atoms with E-state index < -0.39 is 28.7 Å². The summed E-state index contributed by atoms with van der Waals surface area (Å²) in [4.78, 5) is 21.7. The van der Waals surface area contributed by atoms with Crippen LogP contribution in [0, 0.1) is 23.6 Å². The van der Waals surface area contributed by atoms with Crippen molar-refractivity contribution >= 4 is 39.5 Å². The number of nitrogens with zero attached hydrogens (tertiary/aromatic N) is 5. The number of nitrogens with one attached hydrogen (secondary N) is 1. The van der Waals surface area contributed by atoms with E-state index in [1.54, 1.807) is 19.2 Å². The van der Waals surface area contributed by atoms with E-state index in [1.807, 2.05) is 13.8 Å². The largest absolute Gasteiger partial charge is 0.467 e. The number of halogens is 2. The fourth-order valence-electron chi connectivity index (χ4n) is 4.59. The minimum Gasteiger partial charge on any atom is -0.467 e. The van der Waals surface area contributed by atoms with Crippen LogP contribution in [0.1, 0.15) is 32.2 Å². The lowest BCUT2D eigenvalue weighted by atomic mass is 9.73. The third-order valence-corrected chi connectivity index (χ3v) is 7.89. The number of thioether (sulfide) groups is 1. The highest BCUT2D eigenvalue weighted by atomic mass is 32.2. The lowest BCUT2D eigenvalue weighted by Crippen LogP contribution is -2.50. The van der Waals surface area contributed by atoms with Crippen molar-refractivity contribution in [3.05, 3.63) is 66.4 Å². The van der Waals surface area contributed by atoms with Gasteiger partial charge in [-0.1, -0.05) is 24.6 Å². The number of fused-ring (bicyclic) bond motifs is 1. The van der Waals surface area contributed by atoms with Crippen molar-refractivity contribution in [1.82, 2.24) is 19.9 Å². The van der Waals surface area contributed by atoms with E-state index in [0.717, 1.165) is 0 Å². The Labute approximate surface area is 227 Å². The molecule has 3 N–H and O–H groups in total. The third kappa shape index (κ3) is 4.97. The molecule has 0 radical (unpaired) electrons. The first-order valence-corrected chi connectivity index (χ1v) is 12.8. The maximum atomic E-state index is 15.3. The van der Waals surface area contributed by atoms with Crippen molar-refractivity contribution in [1.29, 1.82) is 0 Å². The Bertz CT molecular complexity index is 1600. The van der Waals surface area contributed by atoms with Crippen LogP contribution in [-0.4, -0.2) is 36.5 Å². The summed E-state index contributed by atoms with van der Waals surface area (Å²) in [7, 11) is 0. The van der Waals surface area contributed by atoms with Gasteiger partial charge in [-0.2, -0.15) is 0 Å². The molecular formula is C27H25F2N7O2S. The number of aromatic nitrogens is 4. The molecule has 0 aliphatic carbocycles. The molecule has 39 heavy (non-hydrogen) atoms. The summed E-state index contributed by atoms with van der Waals surface area (Å²) in [5, 5.41) is 3.31. The highest BCUT2D eigenvalue weighted by Gasteiger charge is 2.52. The molecule has 0 fully saturated rings. The third-order valence-electron chi connectivity index (χ3n) is 6.71. The number of rotatable bonds is 7. The van der Waals surface area contributed by atoms with E-state index in [9.17, 15) is 4.39 Å². The number of aliphatic imine (C=N–C) groups is 1. The first-order chi connectivity index (χ1) is 18.8. The van der Waals surface area contributed by atoms with Crippen molar-refractivity contribution < 1.29 is 17.9 Å². The van der Waals surface area contributed by atoms with Gasteiger partial charge in [0.1, 0.15) is 29.8 Å². The van der Waals surface area contributed by atoms with Crippen LogP contribution >= 0.6 is 11.8 Å². The number of alkyl halides is 1. The molecule has 1 aliphatic rings. The van der Waals surface area contributed by atoms with Gasteiger partial charge in [0.05, 0.1) is 22.7 Å². The number of hydrogen-bond donors (Lipinski definition) is 2. The number of anilines is 2. The van der Waals surface area contributed by atoms with E-state index in [1.165, 1.54) is 48.6 Å². The summed E-state index contributed by atoms with van der Waals surface area (Å²) in [5.41, 5.74) is 6.08. The second-order valence-electron chi connectivity index (χ2n) is 9.08. The van der Waals surface area contributed by atoms with Gasteiger partial charge in [0, 0.05) is 23.4 Å². The second kappa shape index (κ2) is 10.5. The molecule has 4 heterocycles. The predicted molar refractivity (Wildman–Crippen MR) is 146 cm³/mol. The van der Waals surface area contributed by atoms with E-state index in [0.29, 0.717) is 28.4 Å². The van der Waals surface area contributed by atoms with Crippen molar-refractivity contribution in [2.75, 3.05) is 12.0 Å². The average molecular weight is 550 g/mol. The molecule has 9 nitrogen and oxygen atoms in total. The summed E-state index contributed by atoms with van der Waals surface area (Å²) in [6, 6.07) is 6.02. The number of hydrogen-bond acceptors (Lipinski definition) is 10. The molecule has 4 aromatic rings. The maximum Gasteiger partial charge on any atom is 0.233 e. The molecule has 0 saturated heterocycles. The van der Waals surface area contributed by atoms with Crippen LogP contribution in [0.2, 0.25) is 0 Å². The fraction of sp³-hybridized carbons (Fsp3) is 0.296. The number of benzene rings is 1. The van der Waals surface area contributed by atoms with Crippen LogP contribution < -0.4 is 15.8 Å². The standard InChI is InChI=1S/C27H25F2N7O2S/c1-4-8-26(3)16(2)27(15-28,36-25(30)39-26)18-12-17(5-6-19(18)29)34-24-23-20(7-9-32-24)35-21(13-33-23)38-14-22-31-10-11-37-22/h5-7,9-13,16H,14-15H2,1-3H3,(H2,30,36)(H,32,34)/t16-,26-,27+/m1/s1. The van der Waals surface area contributed by atoms with Gasteiger partial charge in [-0.15, -0.1) is 5.92 Å². The number of pyridine rings is 1. The summed E-state index contributed by atoms with van der Waals surface area (Å²) < 4.78 is 40.2. The second-order valence-corrected chi connectivity index (χ2v) is 10.6. The van der Waals surface area contributed by atoms with Crippen molar-refractivity contribution in [3.63, 3.8) is 0 Å². The maximum absolute atomic E-state index is 15.3. The van der Waals surface area contributed by atoms with Crippen LogP contribution in [0.3, 0.4) is 0 Å². The van der Waals surface area contributed by atoms with Gasteiger partial charge >= 0.3 is 0 Å². The van der Waals surface area contributed by atoms with Gasteiger partial charge in [-0.25, -0.2) is 33.7 Å². The molecule has 3 aromatic heterocycles. The molecule has 0 spiro atoms. The van der Waals surface area contributed by atoms with Crippen LogP contribution in [0.15, 0.2) is 58.5 Å². The Balaban J connectivity index is 1.48. The summed E-state index contributed by atoms with van der Waals surface area (Å²) in [6.45, 7) is 4.53. The van der Waals surface area contributed by atoms with Gasteiger partial charge in [0.25, 0.3) is 0 Å². The van der Waals surface area contributed by atoms with Crippen LogP contribution in [-0.2, 0) is 12.1 Å². The van der Waals surface area contributed by atoms with E-state index in [2.05, 4.69) is 42.1 Å². The number of amidine groups is 1. The minimum absolute atomic E-state index is 0.0726. The highest BCUT2D eigenvalue weighted by Crippen LogP contribution is 2.50. The van der Waals surface area contributed by atoms with Gasteiger partial charge in [-0.3, -0.25) is 0 Å². The van der Waals surface area contributed by atoms with Gasteiger partial charge in [-0.05, 0) is 38.1 Å². The van der Waals surface area contributed by atoms with Crippen molar-refractivity contribution in [3.8, 4) is 17.7 Å². The molecule has 0 amide bonds. The molecule has 0 bridgehead atoms. The SMILES string of the molecule is CC#C[C@@]1(C)SC(N)=N[C@](CF)(c2cc(Nc3nccc4nc(OCc5ncco5)cnc34)ccc2F)[C@@H]1C. The first kappa shape index (κ1) is 26.4. The van der Waals surface area contributed by atoms with Crippen LogP contribution in [0.4, 0.5) is 20.3 Å². The summed E-state index contributed by atoms with van der Waals surface area (Å²) in [6.07, 6.45) is 6.00. The molecule has 3 atom stereocenters. The Kier molecular flexibility index (Phi) is 7.10. The van der Waals surface area contributed by atoms with Gasteiger partial charge in [0.2, 0.25) is 11.8 Å². The normalized spacial score (nSPS) is 22.6. The van der Waals surface area contributed by atoms with E-state index in [-0.39, 0.29) is 23.2 Å². The smallest absolute Gasteiger partial charge is 0.233 e. The molecule has 0 unspecified atom stereocenters. The monoisotopic (exact) mass is 549 g/mol. The summed E-state index contributed by atoms with van der Waals surface area (Å²) >= 11 is 1.26. The predicted octanol–water partition coefficient (Wildman–Crippen LogP) is 5.12. The lowest BCUT2D eigenvalue weighted by Gasteiger charge is -2.45. The molecule has 1 aliphatic heterocycles. The van der Waals surface area contributed by atoms with Gasteiger partial charge in [0.15, 0.2) is 17.6 Å². The Morgan fingerprint density at radius 2 is 2.08 bits per heavy atom. The zero-order chi connectivity index (χ0) is 27.6. The van der Waals surface area contributed by atoms with Crippen LogP contribution in [0.25, 0.3) is 11.0 Å². The topological polar surface area (TPSA) is 124 Å².